The van der Waals surface area contributed by atoms with E-state index in [1.54, 1.807) is 20.8 Å². The van der Waals surface area contributed by atoms with Gasteiger partial charge in [0.25, 0.3) is 0 Å². The predicted molar refractivity (Wildman–Crippen MR) is 44.9 cm³/mol. The van der Waals surface area contributed by atoms with Crippen LogP contribution in [0.5, 0.6) is 0 Å². The highest BCUT2D eigenvalue weighted by molar-refractivity contribution is 6.21. The Balaban J connectivity index is 3.05. The van der Waals surface area contributed by atoms with Gasteiger partial charge in [-0.2, -0.15) is 0 Å². The molecule has 4 nitrogen and oxygen atoms in total. The smallest absolute Gasteiger partial charge is 0.345 e. The van der Waals surface area contributed by atoms with Gasteiger partial charge in [-0.15, -0.1) is 0 Å². The number of Topliss-reactive ketones (excluding diaryl/α,β-unsaturated/α-hetero) is 1. The first-order valence-corrected chi connectivity index (χ1v) is 3.93. The second-order valence-electron chi connectivity index (χ2n) is 3.36. The van der Waals surface area contributed by atoms with E-state index in [0.717, 1.165) is 0 Å². The van der Waals surface area contributed by atoms with Gasteiger partial charge in [0.1, 0.15) is 11.3 Å². The van der Waals surface area contributed by atoms with E-state index in [0.29, 0.717) is 5.76 Å². The number of carbonyl (C=O) groups is 2. The second kappa shape index (κ2) is 2.87. The number of hydrogen-bond acceptors (Lipinski definition) is 4. The predicted octanol–water partition coefficient (Wildman–Crippen LogP) is 0.811. The Kier molecular flexibility index (Phi) is 2.15. The number of allylic oxidation sites excluding steroid dienone is 1. The minimum atomic E-state index is -0.937. The van der Waals surface area contributed by atoms with E-state index in [4.69, 9.17) is 4.74 Å². The SMILES string of the molecule is COC(=O)C1=C(C)OC(C)(C)C1=O. The molecule has 0 aliphatic carbocycles. The third-order valence-electron chi connectivity index (χ3n) is 1.92. The summed E-state index contributed by atoms with van der Waals surface area (Å²) in [5, 5.41) is 0. The van der Waals surface area contributed by atoms with Crippen LogP contribution in [0.25, 0.3) is 0 Å². The van der Waals surface area contributed by atoms with Crippen molar-refractivity contribution in [3.05, 3.63) is 11.3 Å². The van der Waals surface area contributed by atoms with Crippen LogP contribution in [-0.2, 0) is 19.1 Å². The van der Waals surface area contributed by atoms with Crippen molar-refractivity contribution in [1.29, 1.82) is 0 Å². The van der Waals surface area contributed by atoms with Crippen molar-refractivity contribution in [3.63, 3.8) is 0 Å². The molecule has 0 fully saturated rings. The van der Waals surface area contributed by atoms with E-state index in [1.165, 1.54) is 7.11 Å². The van der Waals surface area contributed by atoms with Crippen molar-refractivity contribution in [2.45, 2.75) is 26.4 Å². The van der Waals surface area contributed by atoms with Crippen molar-refractivity contribution in [2.24, 2.45) is 0 Å². The monoisotopic (exact) mass is 184 g/mol. The summed E-state index contributed by atoms with van der Waals surface area (Å²) in [5.41, 5.74) is -0.916. The fourth-order valence-corrected chi connectivity index (χ4v) is 1.28. The molecule has 0 atom stereocenters. The minimum Gasteiger partial charge on any atom is -0.483 e. The maximum absolute atomic E-state index is 11.6. The Morgan fingerprint density at radius 2 is 2.00 bits per heavy atom. The molecule has 0 unspecified atom stereocenters. The van der Waals surface area contributed by atoms with Crippen LogP contribution in [0.2, 0.25) is 0 Å². The molecule has 0 saturated carbocycles. The molecule has 1 aliphatic rings. The fourth-order valence-electron chi connectivity index (χ4n) is 1.28. The van der Waals surface area contributed by atoms with Gasteiger partial charge in [0.05, 0.1) is 7.11 Å². The lowest BCUT2D eigenvalue weighted by molar-refractivity contribution is -0.138. The topological polar surface area (TPSA) is 52.6 Å². The highest BCUT2D eigenvalue weighted by Crippen LogP contribution is 2.30. The van der Waals surface area contributed by atoms with Crippen LogP contribution in [-0.4, -0.2) is 24.5 Å². The quantitative estimate of drug-likeness (QED) is 0.447. The molecule has 72 valence electrons. The maximum Gasteiger partial charge on any atom is 0.345 e. The molecule has 0 bridgehead atoms. The second-order valence-corrected chi connectivity index (χ2v) is 3.36. The standard InChI is InChI=1S/C9H12O4/c1-5-6(8(11)12-4)7(10)9(2,3)13-5/h1-4H3. The Morgan fingerprint density at radius 3 is 2.31 bits per heavy atom. The number of esters is 1. The summed E-state index contributed by atoms with van der Waals surface area (Å²) in [6.07, 6.45) is 0. The van der Waals surface area contributed by atoms with Gasteiger partial charge in [0, 0.05) is 0 Å². The van der Waals surface area contributed by atoms with E-state index in [2.05, 4.69) is 4.74 Å². The molecule has 0 amide bonds. The van der Waals surface area contributed by atoms with Gasteiger partial charge in [0.2, 0.25) is 5.78 Å². The molecule has 0 aromatic heterocycles. The average Bonchev–Trinajstić information content (AvgIpc) is 2.21. The molecule has 0 spiro atoms. The molecular formula is C9H12O4. The Bertz CT molecular complexity index is 299. The highest BCUT2D eigenvalue weighted by atomic mass is 16.5. The van der Waals surface area contributed by atoms with Crippen LogP contribution < -0.4 is 0 Å². The number of ketones is 1. The van der Waals surface area contributed by atoms with Gasteiger partial charge in [-0.1, -0.05) is 0 Å². The summed E-state index contributed by atoms with van der Waals surface area (Å²) in [6, 6.07) is 0. The zero-order valence-electron chi connectivity index (χ0n) is 8.13. The van der Waals surface area contributed by atoms with Gasteiger partial charge in [0.15, 0.2) is 5.60 Å². The molecule has 0 aromatic rings. The summed E-state index contributed by atoms with van der Waals surface area (Å²) >= 11 is 0. The molecule has 0 aromatic carbocycles. The maximum atomic E-state index is 11.6. The zero-order chi connectivity index (χ0) is 10.2. The summed E-state index contributed by atoms with van der Waals surface area (Å²) < 4.78 is 9.70. The van der Waals surface area contributed by atoms with Gasteiger partial charge < -0.3 is 9.47 Å². The fraction of sp³-hybridized carbons (Fsp3) is 0.556. The van der Waals surface area contributed by atoms with Crippen LogP contribution in [0.4, 0.5) is 0 Å². The van der Waals surface area contributed by atoms with Crippen LogP contribution in [0, 0.1) is 0 Å². The number of methoxy groups -OCH3 is 1. The zero-order valence-corrected chi connectivity index (χ0v) is 8.13. The van der Waals surface area contributed by atoms with Gasteiger partial charge in [-0.3, -0.25) is 4.79 Å². The van der Waals surface area contributed by atoms with E-state index in [9.17, 15) is 9.59 Å². The molecule has 13 heavy (non-hydrogen) atoms. The van der Waals surface area contributed by atoms with Crippen LogP contribution in [0.1, 0.15) is 20.8 Å². The summed E-state index contributed by atoms with van der Waals surface area (Å²) in [7, 11) is 1.24. The lowest BCUT2D eigenvalue weighted by Gasteiger charge is -2.16. The Morgan fingerprint density at radius 1 is 1.46 bits per heavy atom. The van der Waals surface area contributed by atoms with Crippen molar-refractivity contribution in [1.82, 2.24) is 0 Å². The molecule has 0 saturated heterocycles. The summed E-state index contributed by atoms with van der Waals surface area (Å²) in [5.74, 6) is -0.619. The van der Waals surface area contributed by atoms with E-state index >= 15 is 0 Å². The molecule has 0 radical (unpaired) electrons. The molecule has 0 N–H and O–H groups in total. The van der Waals surface area contributed by atoms with Crippen molar-refractivity contribution >= 4 is 11.8 Å². The highest BCUT2D eigenvalue weighted by Gasteiger charge is 2.43. The lowest BCUT2D eigenvalue weighted by atomic mass is 9.99. The van der Waals surface area contributed by atoms with E-state index in [-0.39, 0.29) is 11.4 Å². The molecule has 1 aliphatic heterocycles. The first-order chi connectivity index (χ1) is 5.90. The van der Waals surface area contributed by atoms with E-state index in [1.807, 2.05) is 0 Å². The Labute approximate surface area is 76.5 Å². The first-order valence-electron chi connectivity index (χ1n) is 3.93. The Hall–Kier alpha value is -1.32. The normalized spacial score (nSPS) is 20.2. The van der Waals surface area contributed by atoms with Crippen LogP contribution in [0.15, 0.2) is 11.3 Å². The molecular weight excluding hydrogens is 172 g/mol. The van der Waals surface area contributed by atoms with Crippen LogP contribution in [0.3, 0.4) is 0 Å². The van der Waals surface area contributed by atoms with Gasteiger partial charge in [-0.25, -0.2) is 4.79 Å². The van der Waals surface area contributed by atoms with Gasteiger partial charge >= 0.3 is 5.97 Å². The average molecular weight is 184 g/mol. The summed E-state index contributed by atoms with van der Waals surface area (Å²) in [6.45, 7) is 4.82. The molecule has 1 heterocycles. The number of ether oxygens (including phenoxy) is 2. The molecule has 4 heteroatoms. The van der Waals surface area contributed by atoms with Crippen molar-refractivity contribution in [3.8, 4) is 0 Å². The number of rotatable bonds is 1. The first kappa shape index (κ1) is 9.77. The van der Waals surface area contributed by atoms with Gasteiger partial charge in [-0.05, 0) is 20.8 Å². The lowest BCUT2D eigenvalue weighted by Crippen LogP contribution is -2.31. The van der Waals surface area contributed by atoms with E-state index < -0.39 is 11.6 Å². The van der Waals surface area contributed by atoms with Crippen LogP contribution >= 0.6 is 0 Å². The third kappa shape index (κ3) is 1.43. The third-order valence-corrected chi connectivity index (χ3v) is 1.92. The molecule has 1 rings (SSSR count). The minimum absolute atomic E-state index is 0.0208. The van der Waals surface area contributed by atoms with Crippen molar-refractivity contribution < 1.29 is 19.1 Å². The summed E-state index contributed by atoms with van der Waals surface area (Å²) in [4.78, 5) is 22.7. The number of carbonyl (C=O) groups excluding carboxylic acids is 2. The number of hydrogen-bond donors (Lipinski definition) is 0. The largest absolute Gasteiger partial charge is 0.483 e. The van der Waals surface area contributed by atoms with Crippen molar-refractivity contribution in [2.75, 3.05) is 7.11 Å².